The van der Waals surface area contributed by atoms with E-state index in [1.165, 1.54) is 0 Å². The molecule has 3 fully saturated rings. The fourth-order valence-electron chi connectivity index (χ4n) is 7.77. The largest absolute Gasteiger partial charge is 0.508 e. The van der Waals surface area contributed by atoms with Crippen molar-refractivity contribution in [3.05, 3.63) is 48.4 Å². The van der Waals surface area contributed by atoms with Crippen molar-refractivity contribution in [3.8, 4) is 23.0 Å². The van der Waals surface area contributed by atoms with Crippen molar-refractivity contribution in [2.45, 2.75) is 69.6 Å². The van der Waals surface area contributed by atoms with Gasteiger partial charge in [0.05, 0.1) is 10.9 Å². The number of carbonyl (C=O) groups excluding carboxylic acids is 1. The van der Waals surface area contributed by atoms with E-state index >= 15 is 4.39 Å². The van der Waals surface area contributed by atoms with Gasteiger partial charge >= 0.3 is 6.01 Å². The molecule has 0 radical (unpaired) electrons. The molecule has 7 rings (SSSR count). The van der Waals surface area contributed by atoms with E-state index in [2.05, 4.69) is 33.9 Å². The number of phenols is 1. The Morgan fingerprint density at radius 1 is 1.13 bits per heavy atom. The smallest absolute Gasteiger partial charge is 0.319 e. The second kappa shape index (κ2) is 12.3. The molecule has 1 amide bonds. The highest BCUT2D eigenvalue weighted by molar-refractivity contribution is 5.99. The van der Waals surface area contributed by atoms with Crippen molar-refractivity contribution in [1.29, 1.82) is 0 Å². The first kappa shape index (κ1) is 30.6. The summed E-state index contributed by atoms with van der Waals surface area (Å²) in [5, 5.41) is 16.3. The Hall–Kier alpha value is -4.09. The highest BCUT2D eigenvalue weighted by Crippen LogP contribution is 2.41. The zero-order valence-electron chi connectivity index (χ0n) is 26.7. The summed E-state index contributed by atoms with van der Waals surface area (Å²) in [6, 6.07) is 11.5. The van der Waals surface area contributed by atoms with Gasteiger partial charge < -0.3 is 25.0 Å². The van der Waals surface area contributed by atoms with Gasteiger partial charge in [0.1, 0.15) is 29.4 Å². The lowest BCUT2D eigenvalue weighted by Gasteiger charge is -2.39. The van der Waals surface area contributed by atoms with Gasteiger partial charge in [0.25, 0.3) is 0 Å². The number of carbonyl (C=O) groups is 1. The molecular formula is C35H42FN7O3. The Kier molecular flexibility index (Phi) is 8.14. The first-order valence-electron chi connectivity index (χ1n) is 16.5. The molecule has 3 aliphatic rings. The standard InChI is InChI=1S/C35H42FN7O3/c1-4-23-17-42(18-24(5-2)38-23)33-29-16-37-31(28-14-26(45)13-22-9-6-7-10-27(22)28)30(36)32(29)39-34(40-33)46-20-35-11-8-12-43(35)19-25(15-35)41(3)21-44/h6-7,9-10,13-14,16,21,23-25,38,45H,4-5,8,11-12,15,17-20H2,1-3H3. The summed E-state index contributed by atoms with van der Waals surface area (Å²) in [6.07, 6.45) is 7.28. The first-order valence-corrected chi connectivity index (χ1v) is 16.5. The number of rotatable bonds is 9. The molecule has 0 bridgehead atoms. The van der Waals surface area contributed by atoms with Crippen LogP contribution in [0.5, 0.6) is 11.8 Å². The minimum atomic E-state index is -0.579. The Balaban J connectivity index is 1.32. The van der Waals surface area contributed by atoms with Crippen molar-refractivity contribution in [2.24, 2.45) is 0 Å². The van der Waals surface area contributed by atoms with Gasteiger partial charge in [-0.25, -0.2) is 4.39 Å². The predicted octanol–water partition coefficient (Wildman–Crippen LogP) is 4.73. The van der Waals surface area contributed by atoms with Crippen LogP contribution in [-0.4, -0.2) is 99.8 Å². The number of pyridine rings is 1. The quantitative estimate of drug-likeness (QED) is 0.255. The monoisotopic (exact) mass is 627 g/mol. The number of phenolic OH excluding ortho intramolecular Hbond substituents is 1. The van der Waals surface area contributed by atoms with E-state index in [0.717, 1.165) is 75.5 Å². The highest BCUT2D eigenvalue weighted by atomic mass is 19.1. The van der Waals surface area contributed by atoms with Crippen molar-refractivity contribution in [1.82, 2.24) is 30.1 Å². The summed E-state index contributed by atoms with van der Waals surface area (Å²) in [5.41, 5.74) is 0.527. The lowest BCUT2D eigenvalue weighted by Crippen LogP contribution is -2.56. The average Bonchev–Trinajstić information content (AvgIpc) is 3.64. The number of aromatic hydroxyl groups is 1. The summed E-state index contributed by atoms with van der Waals surface area (Å²) in [4.78, 5) is 32.2. The number of halogens is 1. The number of amides is 1. The number of hydrogen-bond donors (Lipinski definition) is 2. The molecule has 4 unspecified atom stereocenters. The van der Waals surface area contributed by atoms with Gasteiger partial charge in [0.2, 0.25) is 6.41 Å². The average molecular weight is 628 g/mol. The van der Waals surface area contributed by atoms with Crippen molar-refractivity contribution >= 4 is 33.9 Å². The van der Waals surface area contributed by atoms with Crippen LogP contribution in [0.1, 0.15) is 46.0 Å². The first-order chi connectivity index (χ1) is 22.3. The van der Waals surface area contributed by atoms with E-state index in [9.17, 15) is 9.90 Å². The minimum absolute atomic E-state index is 0.0369. The molecule has 242 valence electrons. The number of likely N-dealkylation sites (N-methyl/N-ethyl adjacent to an activating group) is 1. The molecule has 5 heterocycles. The number of hydrogen-bond acceptors (Lipinski definition) is 9. The van der Waals surface area contributed by atoms with Crippen LogP contribution >= 0.6 is 0 Å². The van der Waals surface area contributed by atoms with E-state index in [0.29, 0.717) is 23.4 Å². The highest BCUT2D eigenvalue weighted by Gasteiger charge is 2.50. The molecule has 46 heavy (non-hydrogen) atoms. The maximum absolute atomic E-state index is 16.8. The molecule has 3 saturated heterocycles. The number of anilines is 1. The number of piperazine rings is 1. The van der Waals surface area contributed by atoms with E-state index in [1.807, 2.05) is 31.3 Å². The molecule has 2 aromatic heterocycles. The Bertz CT molecular complexity index is 1760. The predicted molar refractivity (Wildman–Crippen MR) is 177 cm³/mol. The lowest BCUT2D eigenvalue weighted by molar-refractivity contribution is -0.118. The molecule has 0 aliphatic carbocycles. The molecule has 3 aliphatic heterocycles. The molecule has 0 saturated carbocycles. The van der Waals surface area contributed by atoms with E-state index in [1.54, 1.807) is 23.2 Å². The molecule has 4 aromatic rings. The van der Waals surface area contributed by atoms with Crippen LogP contribution in [0.25, 0.3) is 32.9 Å². The maximum atomic E-state index is 16.8. The van der Waals surface area contributed by atoms with Crippen LogP contribution in [0.15, 0.2) is 42.6 Å². The van der Waals surface area contributed by atoms with Gasteiger partial charge in [-0.2, -0.15) is 9.97 Å². The Morgan fingerprint density at radius 2 is 1.91 bits per heavy atom. The lowest BCUT2D eigenvalue weighted by atomic mass is 9.93. The van der Waals surface area contributed by atoms with Gasteiger partial charge in [-0.3, -0.25) is 14.7 Å². The van der Waals surface area contributed by atoms with Gasteiger partial charge in [0.15, 0.2) is 5.82 Å². The summed E-state index contributed by atoms with van der Waals surface area (Å²) in [5.74, 6) is 0.0722. The summed E-state index contributed by atoms with van der Waals surface area (Å²) in [7, 11) is 1.83. The van der Waals surface area contributed by atoms with Crippen molar-refractivity contribution in [3.63, 3.8) is 0 Å². The third-order valence-electron chi connectivity index (χ3n) is 10.4. The third kappa shape index (κ3) is 5.39. The van der Waals surface area contributed by atoms with Crippen LogP contribution < -0.4 is 15.0 Å². The van der Waals surface area contributed by atoms with Crippen LogP contribution in [0.4, 0.5) is 10.2 Å². The number of fused-ring (bicyclic) bond motifs is 3. The van der Waals surface area contributed by atoms with Crippen molar-refractivity contribution in [2.75, 3.05) is 44.7 Å². The Morgan fingerprint density at radius 3 is 2.67 bits per heavy atom. The summed E-state index contributed by atoms with van der Waals surface area (Å²) < 4.78 is 23.2. The molecular weight excluding hydrogens is 585 g/mol. The van der Waals surface area contributed by atoms with Crippen LogP contribution in [0.3, 0.4) is 0 Å². The molecule has 2 N–H and O–H groups in total. The SMILES string of the molecule is CCC1CN(c2nc(OCC34CCCN3CC(N(C)C=O)C4)nc3c(F)c(-c4cc(O)cc5ccccc45)ncc23)CC(CC)N1. The van der Waals surface area contributed by atoms with E-state index in [-0.39, 0.29) is 46.6 Å². The maximum Gasteiger partial charge on any atom is 0.319 e. The van der Waals surface area contributed by atoms with Gasteiger partial charge in [-0.05, 0) is 61.6 Å². The molecule has 0 spiro atoms. The molecule has 2 aromatic carbocycles. The normalized spacial score (nSPS) is 24.9. The Labute approximate surface area is 268 Å². The molecule has 11 heteroatoms. The van der Waals surface area contributed by atoms with Gasteiger partial charge in [-0.1, -0.05) is 38.1 Å². The number of benzene rings is 2. The summed E-state index contributed by atoms with van der Waals surface area (Å²) >= 11 is 0. The van der Waals surface area contributed by atoms with Crippen LogP contribution in [0.2, 0.25) is 0 Å². The number of nitrogens with zero attached hydrogens (tertiary/aromatic N) is 6. The fraction of sp³-hybridized carbons (Fsp3) is 0.486. The van der Waals surface area contributed by atoms with E-state index < -0.39 is 5.82 Å². The number of aromatic nitrogens is 3. The fourth-order valence-corrected chi connectivity index (χ4v) is 7.77. The second-order valence-corrected chi connectivity index (χ2v) is 13.2. The van der Waals surface area contributed by atoms with Crippen LogP contribution in [0, 0.1) is 5.82 Å². The number of ether oxygens (including phenoxy) is 1. The topological polar surface area (TPSA) is 107 Å². The van der Waals surface area contributed by atoms with Gasteiger partial charge in [0, 0.05) is 56.6 Å². The van der Waals surface area contributed by atoms with Crippen LogP contribution in [-0.2, 0) is 4.79 Å². The zero-order chi connectivity index (χ0) is 32.0. The van der Waals surface area contributed by atoms with E-state index in [4.69, 9.17) is 14.7 Å². The zero-order valence-corrected chi connectivity index (χ0v) is 26.7. The summed E-state index contributed by atoms with van der Waals surface area (Å²) in [6.45, 7) is 7.88. The number of nitrogens with one attached hydrogen (secondary N) is 1. The molecule has 4 atom stereocenters. The second-order valence-electron chi connectivity index (χ2n) is 13.2. The third-order valence-corrected chi connectivity index (χ3v) is 10.4. The van der Waals surface area contributed by atoms with Crippen molar-refractivity contribution < 1.29 is 19.0 Å². The molecule has 10 nitrogen and oxygen atoms in total. The van der Waals surface area contributed by atoms with Gasteiger partial charge in [-0.15, -0.1) is 0 Å². The minimum Gasteiger partial charge on any atom is -0.508 e.